The molecular weight excluding hydrogens is 408 g/mol. The van der Waals surface area contributed by atoms with Crippen molar-refractivity contribution >= 4 is 22.7 Å². The van der Waals surface area contributed by atoms with E-state index in [9.17, 15) is 4.79 Å². The minimum Gasteiger partial charge on any atom is -0.436 e. The van der Waals surface area contributed by atoms with Gasteiger partial charge in [-0.05, 0) is 65.1 Å². The number of oxazole rings is 1. The van der Waals surface area contributed by atoms with Crippen molar-refractivity contribution in [2.24, 2.45) is 0 Å². The molecule has 162 valence electrons. The Morgan fingerprint density at radius 1 is 0.788 bits per heavy atom. The maximum absolute atomic E-state index is 12.8. The fourth-order valence-electron chi connectivity index (χ4n) is 3.79. The molecule has 0 bridgehead atoms. The Morgan fingerprint density at radius 2 is 1.45 bits per heavy atom. The molecule has 0 saturated carbocycles. The van der Waals surface area contributed by atoms with E-state index in [1.165, 1.54) is 5.56 Å². The Morgan fingerprint density at radius 3 is 2.15 bits per heavy atom. The maximum atomic E-state index is 12.8. The lowest BCUT2D eigenvalue weighted by Gasteiger charge is -2.06. The summed E-state index contributed by atoms with van der Waals surface area (Å²) in [5, 5.41) is 2.96. The van der Waals surface area contributed by atoms with Crippen molar-refractivity contribution in [3.05, 3.63) is 108 Å². The number of carbonyl (C=O) groups excluding carboxylic acids is 1. The lowest BCUT2D eigenvalue weighted by Crippen LogP contribution is -2.11. The molecule has 0 atom stereocenters. The van der Waals surface area contributed by atoms with E-state index in [1.807, 2.05) is 72.8 Å². The van der Waals surface area contributed by atoms with Crippen molar-refractivity contribution in [3.63, 3.8) is 0 Å². The van der Waals surface area contributed by atoms with Crippen LogP contribution in [0, 0.1) is 0 Å². The van der Waals surface area contributed by atoms with Gasteiger partial charge in [0.2, 0.25) is 5.89 Å². The topological polar surface area (TPSA) is 55.1 Å². The first-order valence-electron chi connectivity index (χ1n) is 11.0. The summed E-state index contributed by atoms with van der Waals surface area (Å²) >= 11 is 0. The van der Waals surface area contributed by atoms with Gasteiger partial charge in [0.25, 0.3) is 5.91 Å². The fraction of sp³-hybridized carbons (Fsp3) is 0.103. The van der Waals surface area contributed by atoms with E-state index >= 15 is 0 Å². The Balaban J connectivity index is 1.33. The van der Waals surface area contributed by atoms with Crippen molar-refractivity contribution in [3.8, 4) is 22.6 Å². The molecule has 0 spiro atoms. The molecule has 1 amide bonds. The van der Waals surface area contributed by atoms with Gasteiger partial charge in [-0.15, -0.1) is 0 Å². The van der Waals surface area contributed by atoms with Crippen LogP contribution in [0.3, 0.4) is 0 Å². The lowest BCUT2D eigenvalue weighted by molar-refractivity contribution is 0.102. The van der Waals surface area contributed by atoms with Crippen LogP contribution in [0.5, 0.6) is 0 Å². The first kappa shape index (κ1) is 20.7. The summed E-state index contributed by atoms with van der Waals surface area (Å²) in [5.41, 5.74) is 7.06. The van der Waals surface area contributed by atoms with Crippen LogP contribution in [0.25, 0.3) is 33.7 Å². The minimum atomic E-state index is -0.165. The van der Waals surface area contributed by atoms with E-state index in [1.54, 1.807) is 0 Å². The highest BCUT2D eigenvalue weighted by Crippen LogP contribution is 2.28. The normalized spacial score (nSPS) is 11.1. The Kier molecular flexibility index (Phi) is 5.49. The lowest BCUT2D eigenvalue weighted by atomic mass is 10.0. The molecule has 0 aliphatic heterocycles. The van der Waals surface area contributed by atoms with Gasteiger partial charge in [-0.25, -0.2) is 4.98 Å². The predicted molar refractivity (Wildman–Crippen MR) is 133 cm³/mol. The predicted octanol–water partition coefficient (Wildman–Crippen LogP) is 7.54. The highest BCUT2D eigenvalue weighted by Gasteiger charge is 2.12. The number of carbonyl (C=O) groups is 1. The largest absolute Gasteiger partial charge is 0.436 e. The SMILES string of the molecule is CC(C)c1ccc(-c2nc3cc(NC(=O)c4ccc(-c5ccccc5)cc4)ccc3o2)cc1. The van der Waals surface area contributed by atoms with Crippen molar-refractivity contribution in [2.75, 3.05) is 5.32 Å². The molecule has 5 aromatic rings. The van der Waals surface area contributed by atoms with Gasteiger partial charge in [0.1, 0.15) is 5.52 Å². The minimum absolute atomic E-state index is 0.165. The van der Waals surface area contributed by atoms with Crippen molar-refractivity contribution in [1.29, 1.82) is 0 Å². The highest BCUT2D eigenvalue weighted by atomic mass is 16.3. The Labute approximate surface area is 192 Å². The molecule has 0 aliphatic carbocycles. The summed E-state index contributed by atoms with van der Waals surface area (Å²) in [5.74, 6) is 0.880. The zero-order chi connectivity index (χ0) is 22.8. The molecule has 1 heterocycles. The number of amides is 1. The average molecular weight is 433 g/mol. The zero-order valence-corrected chi connectivity index (χ0v) is 18.6. The zero-order valence-electron chi connectivity index (χ0n) is 18.6. The van der Waals surface area contributed by atoms with Crippen molar-refractivity contribution < 1.29 is 9.21 Å². The van der Waals surface area contributed by atoms with Crippen LogP contribution in [-0.2, 0) is 0 Å². The van der Waals surface area contributed by atoms with Crippen molar-refractivity contribution in [2.45, 2.75) is 19.8 Å². The first-order valence-corrected chi connectivity index (χ1v) is 11.0. The van der Waals surface area contributed by atoms with E-state index in [2.05, 4.69) is 48.4 Å². The number of fused-ring (bicyclic) bond motifs is 1. The number of hydrogen-bond acceptors (Lipinski definition) is 3. The number of aromatic nitrogens is 1. The Hall–Kier alpha value is -4.18. The van der Waals surface area contributed by atoms with E-state index < -0.39 is 0 Å². The second kappa shape index (κ2) is 8.75. The molecular formula is C29H24N2O2. The van der Waals surface area contributed by atoms with Crippen molar-refractivity contribution in [1.82, 2.24) is 4.98 Å². The van der Waals surface area contributed by atoms with Gasteiger partial charge in [0.05, 0.1) is 0 Å². The number of nitrogens with one attached hydrogen (secondary N) is 1. The van der Waals surface area contributed by atoms with Crippen LogP contribution >= 0.6 is 0 Å². The molecule has 1 aromatic heterocycles. The summed E-state index contributed by atoms with van der Waals surface area (Å²) < 4.78 is 5.93. The second-order valence-corrected chi connectivity index (χ2v) is 8.38. The van der Waals surface area contributed by atoms with Gasteiger partial charge in [0.15, 0.2) is 5.58 Å². The van der Waals surface area contributed by atoms with Gasteiger partial charge in [0, 0.05) is 16.8 Å². The van der Waals surface area contributed by atoms with Gasteiger partial charge in [-0.3, -0.25) is 4.79 Å². The monoisotopic (exact) mass is 432 g/mol. The van der Waals surface area contributed by atoms with Gasteiger partial charge < -0.3 is 9.73 Å². The maximum Gasteiger partial charge on any atom is 0.255 e. The number of anilines is 1. The van der Waals surface area contributed by atoms with Crippen LogP contribution in [0.15, 0.2) is 101 Å². The van der Waals surface area contributed by atoms with Gasteiger partial charge >= 0.3 is 0 Å². The van der Waals surface area contributed by atoms with Crippen LogP contribution in [0.1, 0.15) is 35.7 Å². The molecule has 0 saturated heterocycles. The molecule has 4 aromatic carbocycles. The third-order valence-corrected chi connectivity index (χ3v) is 5.72. The number of rotatable bonds is 5. The quantitative estimate of drug-likeness (QED) is 0.312. The molecule has 4 heteroatoms. The smallest absolute Gasteiger partial charge is 0.255 e. The van der Waals surface area contributed by atoms with E-state index in [4.69, 9.17) is 4.42 Å². The summed E-state index contributed by atoms with van der Waals surface area (Å²) in [6.45, 7) is 4.34. The number of nitrogens with zero attached hydrogens (tertiary/aromatic N) is 1. The van der Waals surface area contributed by atoms with Gasteiger partial charge in [-0.2, -0.15) is 0 Å². The number of hydrogen-bond donors (Lipinski definition) is 1. The summed E-state index contributed by atoms with van der Waals surface area (Å²) in [7, 11) is 0. The van der Waals surface area contributed by atoms with Crippen LogP contribution in [-0.4, -0.2) is 10.9 Å². The van der Waals surface area contributed by atoms with E-state index in [0.29, 0.717) is 34.2 Å². The standard InChI is InChI=1S/C29H24N2O2/c1-19(2)20-8-14-24(15-9-20)29-31-26-18-25(16-17-27(26)33-29)30-28(32)23-12-10-22(11-13-23)21-6-4-3-5-7-21/h3-19H,1-2H3,(H,30,32). The fourth-order valence-corrected chi connectivity index (χ4v) is 3.79. The average Bonchev–Trinajstić information content (AvgIpc) is 3.28. The molecule has 5 rings (SSSR count). The van der Waals surface area contributed by atoms with Crippen LogP contribution < -0.4 is 5.32 Å². The summed E-state index contributed by atoms with van der Waals surface area (Å²) in [4.78, 5) is 17.4. The van der Waals surface area contributed by atoms with Crippen LogP contribution in [0.2, 0.25) is 0 Å². The number of benzene rings is 4. The molecule has 0 fully saturated rings. The summed E-state index contributed by atoms with van der Waals surface area (Å²) in [6.07, 6.45) is 0. The van der Waals surface area contributed by atoms with Gasteiger partial charge in [-0.1, -0.05) is 68.4 Å². The molecule has 1 N–H and O–H groups in total. The molecule has 4 nitrogen and oxygen atoms in total. The van der Waals surface area contributed by atoms with E-state index in [0.717, 1.165) is 16.7 Å². The first-order chi connectivity index (χ1) is 16.1. The highest BCUT2D eigenvalue weighted by molar-refractivity contribution is 6.05. The Bertz CT molecular complexity index is 1400. The van der Waals surface area contributed by atoms with Crippen LogP contribution in [0.4, 0.5) is 5.69 Å². The molecule has 33 heavy (non-hydrogen) atoms. The summed E-state index contributed by atoms with van der Waals surface area (Å²) in [6, 6.07) is 31.5. The second-order valence-electron chi connectivity index (χ2n) is 8.38. The third-order valence-electron chi connectivity index (χ3n) is 5.72. The molecule has 0 unspecified atom stereocenters. The third kappa shape index (κ3) is 4.41. The molecule has 0 radical (unpaired) electrons. The van der Waals surface area contributed by atoms with E-state index in [-0.39, 0.29) is 5.91 Å². The molecule has 0 aliphatic rings.